The van der Waals surface area contributed by atoms with E-state index in [1.54, 1.807) is 10.9 Å². The van der Waals surface area contributed by atoms with Crippen LogP contribution in [0, 0.1) is 0 Å². The Hall–Kier alpha value is -1.69. The third-order valence-electron chi connectivity index (χ3n) is 2.20. The van der Waals surface area contributed by atoms with E-state index in [2.05, 4.69) is 41.3 Å². The molecule has 0 aliphatic rings. The molecule has 6 nitrogen and oxygen atoms in total. The van der Waals surface area contributed by atoms with Crippen LogP contribution in [0.3, 0.4) is 0 Å². The molecule has 0 aromatic carbocycles. The van der Waals surface area contributed by atoms with Crippen LogP contribution in [-0.4, -0.2) is 25.5 Å². The van der Waals surface area contributed by atoms with Crippen LogP contribution in [0.4, 0.5) is 0 Å². The summed E-state index contributed by atoms with van der Waals surface area (Å²) in [6.07, 6.45) is 3.57. The molecule has 6 heteroatoms. The van der Waals surface area contributed by atoms with Crippen LogP contribution in [-0.2, 0) is 13.6 Å². The maximum Gasteiger partial charge on any atom is 0.240 e. The average molecular weight is 235 g/mol. The van der Waals surface area contributed by atoms with Crippen molar-refractivity contribution in [2.75, 3.05) is 0 Å². The predicted octanol–water partition coefficient (Wildman–Crippen LogP) is 1.36. The molecule has 1 N–H and O–H groups in total. The summed E-state index contributed by atoms with van der Waals surface area (Å²) >= 11 is 0. The zero-order valence-electron chi connectivity index (χ0n) is 10.6. The van der Waals surface area contributed by atoms with E-state index >= 15 is 0 Å². The number of aryl methyl sites for hydroxylation is 1. The highest BCUT2D eigenvalue weighted by Gasteiger charge is 2.13. The first-order chi connectivity index (χ1) is 7.94. The highest BCUT2D eigenvalue weighted by Crippen LogP contribution is 2.14. The van der Waals surface area contributed by atoms with Crippen LogP contribution in [0.15, 0.2) is 16.9 Å². The largest absolute Gasteiger partial charge is 0.338 e. The first kappa shape index (κ1) is 11.8. The summed E-state index contributed by atoms with van der Waals surface area (Å²) in [6.45, 7) is 6.83. The molecule has 2 aromatic heterocycles. The minimum atomic E-state index is 0.0307. The zero-order chi connectivity index (χ0) is 12.5. The van der Waals surface area contributed by atoms with Crippen LogP contribution in [0.5, 0.6) is 0 Å². The van der Waals surface area contributed by atoms with Crippen molar-refractivity contribution in [1.82, 2.24) is 25.2 Å². The van der Waals surface area contributed by atoms with Gasteiger partial charge in [0.05, 0.1) is 18.3 Å². The van der Waals surface area contributed by atoms with E-state index < -0.39 is 0 Å². The number of nitrogens with zero attached hydrogens (tertiary/aromatic N) is 4. The SMILES string of the molecule is Cn1cc(-c2noc(CNC(C)(C)C)n2)cn1. The van der Waals surface area contributed by atoms with Gasteiger partial charge in [-0.3, -0.25) is 4.68 Å². The van der Waals surface area contributed by atoms with Gasteiger partial charge in [-0.05, 0) is 20.8 Å². The van der Waals surface area contributed by atoms with Gasteiger partial charge >= 0.3 is 0 Å². The minimum Gasteiger partial charge on any atom is -0.338 e. The summed E-state index contributed by atoms with van der Waals surface area (Å²) in [4.78, 5) is 4.30. The molecular formula is C11H17N5O. The summed E-state index contributed by atoms with van der Waals surface area (Å²) in [5, 5.41) is 11.3. The Labute approximate surface area is 100 Å². The molecule has 17 heavy (non-hydrogen) atoms. The van der Waals surface area contributed by atoms with Gasteiger partial charge in [-0.2, -0.15) is 10.1 Å². The molecule has 92 valence electrons. The molecule has 0 unspecified atom stereocenters. The quantitative estimate of drug-likeness (QED) is 0.869. The van der Waals surface area contributed by atoms with Crippen LogP contribution in [0.2, 0.25) is 0 Å². The maximum atomic E-state index is 5.16. The Bertz CT molecular complexity index is 494. The van der Waals surface area contributed by atoms with Crippen molar-refractivity contribution in [3.05, 3.63) is 18.3 Å². The molecule has 2 aromatic rings. The molecule has 0 radical (unpaired) electrons. The lowest BCUT2D eigenvalue weighted by molar-refractivity contribution is 0.336. The van der Waals surface area contributed by atoms with Gasteiger partial charge in [-0.15, -0.1) is 0 Å². The van der Waals surface area contributed by atoms with Gasteiger partial charge in [0.25, 0.3) is 0 Å². The molecule has 0 aliphatic heterocycles. The lowest BCUT2D eigenvalue weighted by Gasteiger charge is -2.18. The third-order valence-corrected chi connectivity index (χ3v) is 2.20. The molecule has 0 saturated heterocycles. The Kier molecular flexibility index (Phi) is 2.97. The Morgan fingerprint density at radius 3 is 2.76 bits per heavy atom. The number of hydrogen-bond acceptors (Lipinski definition) is 5. The Balaban J connectivity index is 2.06. The fourth-order valence-corrected chi connectivity index (χ4v) is 1.32. The summed E-state index contributed by atoms with van der Waals surface area (Å²) in [5.41, 5.74) is 0.890. The van der Waals surface area contributed by atoms with E-state index in [-0.39, 0.29) is 5.54 Å². The third kappa shape index (κ3) is 3.13. The van der Waals surface area contributed by atoms with Crippen molar-refractivity contribution < 1.29 is 4.52 Å². The second-order valence-corrected chi connectivity index (χ2v) is 5.02. The monoisotopic (exact) mass is 235 g/mol. The Morgan fingerprint density at radius 2 is 2.18 bits per heavy atom. The average Bonchev–Trinajstić information content (AvgIpc) is 2.81. The van der Waals surface area contributed by atoms with Gasteiger partial charge in [0.15, 0.2) is 0 Å². The molecule has 0 spiro atoms. The van der Waals surface area contributed by atoms with Gasteiger partial charge in [-0.1, -0.05) is 5.16 Å². The maximum absolute atomic E-state index is 5.16. The van der Waals surface area contributed by atoms with Crippen LogP contribution in [0.1, 0.15) is 26.7 Å². The summed E-state index contributed by atoms with van der Waals surface area (Å²) in [6, 6.07) is 0. The molecule has 2 rings (SSSR count). The van der Waals surface area contributed by atoms with Gasteiger partial charge in [0.2, 0.25) is 11.7 Å². The number of nitrogens with one attached hydrogen (secondary N) is 1. The molecule has 0 atom stereocenters. The second-order valence-electron chi connectivity index (χ2n) is 5.02. The summed E-state index contributed by atoms with van der Waals surface area (Å²) in [7, 11) is 1.85. The highest BCUT2D eigenvalue weighted by atomic mass is 16.5. The minimum absolute atomic E-state index is 0.0307. The lowest BCUT2D eigenvalue weighted by atomic mass is 10.1. The fourth-order valence-electron chi connectivity index (χ4n) is 1.32. The van der Waals surface area contributed by atoms with E-state index in [0.717, 1.165) is 5.56 Å². The van der Waals surface area contributed by atoms with E-state index in [1.807, 2.05) is 13.2 Å². The second kappa shape index (κ2) is 4.29. The predicted molar refractivity (Wildman–Crippen MR) is 63.1 cm³/mol. The van der Waals surface area contributed by atoms with Crippen molar-refractivity contribution >= 4 is 0 Å². The standard InChI is InChI=1S/C11H17N5O/c1-11(2,3)12-6-9-14-10(15-17-9)8-5-13-16(4)7-8/h5,7,12H,6H2,1-4H3. The van der Waals surface area contributed by atoms with Crippen LogP contribution < -0.4 is 5.32 Å². The molecule has 0 aliphatic carbocycles. The van der Waals surface area contributed by atoms with Gasteiger partial charge in [0.1, 0.15) is 0 Å². The molecule has 0 bridgehead atoms. The van der Waals surface area contributed by atoms with E-state index in [0.29, 0.717) is 18.3 Å². The molecule has 2 heterocycles. The first-order valence-corrected chi connectivity index (χ1v) is 5.51. The van der Waals surface area contributed by atoms with Crippen molar-refractivity contribution in [2.24, 2.45) is 7.05 Å². The lowest BCUT2D eigenvalue weighted by Crippen LogP contribution is -2.35. The van der Waals surface area contributed by atoms with Gasteiger partial charge < -0.3 is 9.84 Å². The van der Waals surface area contributed by atoms with Crippen LogP contribution in [0.25, 0.3) is 11.4 Å². The van der Waals surface area contributed by atoms with Crippen molar-refractivity contribution in [1.29, 1.82) is 0 Å². The number of hydrogen-bond donors (Lipinski definition) is 1. The fraction of sp³-hybridized carbons (Fsp3) is 0.545. The van der Waals surface area contributed by atoms with Crippen molar-refractivity contribution in [3.63, 3.8) is 0 Å². The molecule has 0 saturated carbocycles. The van der Waals surface area contributed by atoms with Crippen molar-refractivity contribution in [2.45, 2.75) is 32.9 Å². The molecular weight excluding hydrogens is 218 g/mol. The number of aromatic nitrogens is 4. The highest BCUT2D eigenvalue weighted by molar-refractivity contribution is 5.50. The topological polar surface area (TPSA) is 68.8 Å². The van der Waals surface area contributed by atoms with E-state index in [9.17, 15) is 0 Å². The van der Waals surface area contributed by atoms with E-state index in [1.165, 1.54) is 0 Å². The summed E-state index contributed by atoms with van der Waals surface area (Å²) in [5.74, 6) is 1.16. The normalized spacial score (nSPS) is 12.0. The molecule has 0 fully saturated rings. The Morgan fingerprint density at radius 1 is 1.41 bits per heavy atom. The summed E-state index contributed by atoms with van der Waals surface area (Å²) < 4.78 is 6.87. The van der Waals surface area contributed by atoms with Gasteiger partial charge in [0, 0.05) is 18.8 Å². The van der Waals surface area contributed by atoms with Crippen molar-refractivity contribution in [3.8, 4) is 11.4 Å². The molecule has 0 amide bonds. The zero-order valence-corrected chi connectivity index (χ0v) is 10.6. The van der Waals surface area contributed by atoms with E-state index in [4.69, 9.17) is 4.52 Å². The first-order valence-electron chi connectivity index (χ1n) is 5.51. The smallest absolute Gasteiger partial charge is 0.240 e. The van der Waals surface area contributed by atoms with Gasteiger partial charge in [-0.25, -0.2) is 0 Å². The van der Waals surface area contributed by atoms with Crippen LogP contribution >= 0.6 is 0 Å². The number of rotatable bonds is 3.